The molecule has 0 N–H and O–H groups in total. The number of likely N-dealkylation sites (tertiary alicyclic amines) is 1. The van der Waals surface area contributed by atoms with E-state index in [0.29, 0.717) is 13.1 Å². The Balaban J connectivity index is 1.95. The lowest BCUT2D eigenvalue weighted by atomic mass is 9.89. The molecule has 5 heteroatoms. The Kier molecular flexibility index (Phi) is 7.57. The van der Waals surface area contributed by atoms with Crippen molar-refractivity contribution >= 4 is 18.1 Å². The summed E-state index contributed by atoms with van der Waals surface area (Å²) in [4.78, 5) is 40.2. The summed E-state index contributed by atoms with van der Waals surface area (Å²) in [7, 11) is 0. The number of aryl methyl sites for hydroxylation is 1. The molecule has 1 aromatic rings. The molecule has 2 amide bonds. The minimum atomic E-state index is -0.708. The van der Waals surface area contributed by atoms with Crippen LogP contribution in [0.5, 0.6) is 0 Å². The highest BCUT2D eigenvalue weighted by Gasteiger charge is 2.37. The molecular weight excluding hydrogens is 340 g/mol. The Bertz CT molecular complexity index is 637. The Labute approximate surface area is 162 Å². The molecular formula is C22H32N2O3. The Morgan fingerprint density at radius 2 is 1.85 bits per heavy atom. The number of Topliss-reactive ketones (excluding diaryl/α,β-unsaturated/α-hetero) is 1. The average Bonchev–Trinajstić information content (AvgIpc) is 2.67. The smallest absolute Gasteiger partial charge is 0.292 e. The first-order chi connectivity index (χ1) is 12.8. The monoisotopic (exact) mass is 372 g/mol. The average molecular weight is 373 g/mol. The summed E-state index contributed by atoms with van der Waals surface area (Å²) in [5.41, 5.74) is 0.584. The van der Waals surface area contributed by atoms with Crippen molar-refractivity contribution in [1.82, 2.24) is 9.80 Å². The largest absolute Gasteiger partial charge is 0.325 e. The topological polar surface area (TPSA) is 57.7 Å². The maximum Gasteiger partial charge on any atom is 0.292 e. The minimum Gasteiger partial charge on any atom is -0.325 e. The number of ketones is 1. The molecule has 1 saturated heterocycles. The van der Waals surface area contributed by atoms with Crippen molar-refractivity contribution in [3.8, 4) is 0 Å². The molecule has 5 nitrogen and oxygen atoms in total. The number of unbranched alkanes of at least 4 members (excludes halogenated alkanes) is 1. The third kappa shape index (κ3) is 5.91. The van der Waals surface area contributed by atoms with Gasteiger partial charge in [-0.15, -0.1) is 0 Å². The number of nitrogens with zero attached hydrogens (tertiary/aromatic N) is 2. The van der Waals surface area contributed by atoms with Gasteiger partial charge < -0.3 is 9.80 Å². The number of amides is 2. The third-order valence-corrected chi connectivity index (χ3v) is 5.10. The number of carbonyl (C=O) groups is 3. The van der Waals surface area contributed by atoms with Crippen molar-refractivity contribution < 1.29 is 14.4 Å². The summed E-state index contributed by atoms with van der Waals surface area (Å²) in [5.74, 6) is -0.840. The van der Waals surface area contributed by atoms with E-state index >= 15 is 0 Å². The molecule has 0 aromatic heterocycles. The molecule has 148 valence electrons. The van der Waals surface area contributed by atoms with Gasteiger partial charge >= 0.3 is 0 Å². The molecule has 2 rings (SSSR count). The van der Waals surface area contributed by atoms with Crippen LogP contribution in [0.25, 0.3) is 0 Å². The number of carbonyl (C=O) groups excluding carboxylic acids is 3. The number of hydrogen-bond donors (Lipinski definition) is 0. The second-order valence-corrected chi connectivity index (χ2v) is 8.34. The van der Waals surface area contributed by atoms with Gasteiger partial charge in [0.1, 0.15) is 6.17 Å². The van der Waals surface area contributed by atoms with Crippen molar-refractivity contribution in [2.45, 2.75) is 65.5 Å². The quantitative estimate of drug-likeness (QED) is 0.399. The number of benzene rings is 1. The van der Waals surface area contributed by atoms with E-state index in [2.05, 4.69) is 12.1 Å². The van der Waals surface area contributed by atoms with E-state index in [0.717, 1.165) is 44.9 Å². The summed E-state index contributed by atoms with van der Waals surface area (Å²) in [5, 5.41) is 0. The van der Waals surface area contributed by atoms with Crippen molar-refractivity contribution in [3.05, 3.63) is 35.9 Å². The summed E-state index contributed by atoms with van der Waals surface area (Å²) in [6.45, 7) is 6.42. The minimum absolute atomic E-state index is 0.299. The SMILES string of the molecule is CC(C)(C)C(=O)C(=O)N1CCCC[C@H]1N(C=O)CCCCc1ccccc1. The molecule has 1 heterocycles. The van der Waals surface area contributed by atoms with E-state index < -0.39 is 11.3 Å². The van der Waals surface area contributed by atoms with E-state index in [9.17, 15) is 14.4 Å². The van der Waals surface area contributed by atoms with E-state index in [4.69, 9.17) is 0 Å². The molecule has 0 radical (unpaired) electrons. The standard InChI is InChI=1S/C22H32N2O3/c1-22(2,3)20(26)21(27)24-16-10-8-14-19(24)23(17-25)15-9-7-13-18-11-5-4-6-12-18/h4-6,11-12,17,19H,7-10,13-16H2,1-3H3/t19-/m0/s1. The van der Waals surface area contributed by atoms with E-state index in [-0.39, 0.29) is 11.9 Å². The Morgan fingerprint density at radius 1 is 1.15 bits per heavy atom. The van der Waals surface area contributed by atoms with Crippen LogP contribution in [0.15, 0.2) is 30.3 Å². The van der Waals surface area contributed by atoms with Crippen molar-refractivity contribution in [1.29, 1.82) is 0 Å². The summed E-state index contributed by atoms with van der Waals surface area (Å²) < 4.78 is 0. The van der Waals surface area contributed by atoms with Crippen LogP contribution in [-0.4, -0.2) is 47.2 Å². The molecule has 1 aromatic carbocycles. The number of rotatable bonds is 8. The van der Waals surface area contributed by atoms with Gasteiger partial charge in [-0.25, -0.2) is 0 Å². The fourth-order valence-corrected chi connectivity index (χ4v) is 3.49. The lowest BCUT2D eigenvalue weighted by molar-refractivity contribution is -0.155. The summed E-state index contributed by atoms with van der Waals surface area (Å²) >= 11 is 0. The molecule has 0 saturated carbocycles. The maximum absolute atomic E-state index is 12.7. The van der Waals surface area contributed by atoms with Crippen LogP contribution in [-0.2, 0) is 20.8 Å². The zero-order valence-electron chi connectivity index (χ0n) is 16.8. The first-order valence-corrected chi connectivity index (χ1v) is 9.95. The predicted molar refractivity (Wildman–Crippen MR) is 106 cm³/mol. The van der Waals surface area contributed by atoms with Gasteiger partial charge in [0.15, 0.2) is 0 Å². The lowest BCUT2D eigenvalue weighted by Crippen LogP contribution is -2.56. The second kappa shape index (κ2) is 9.67. The summed E-state index contributed by atoms with van der Waals surface area (Å²) in [6, 6.07) is 10.3. The maximum atomic E-state index is 12.7. The van der Waals surface area contributed by atoms with Crippen LogP contribution < -0.4 is 0 Å². The van der Waals surface area contributed by atoms with Crippen LogP contribution in [0.2, 0.25) is 0 Å². The van der Waals surface area contributed by atoms with Gasteiger partial charge in [0.2, 0.25) is 12.2 Å². The first kappa shape index (κ1) is 21.1. The highest BCUT2D eigenvalue weighted by Crippen LogP contribution is 2.24. The third-order valence-electron chi connectivity index (χ3n) is 5.10. The molecule has 0 aliphatic carbocycles. The highest BCUT2D eigenvalue weighted by atomic mass is 16.2. The van der Waals surface area contributed by atoms with Gasteiger partial charge in [-0.1, -0.05) is 51.1 Å². The van der Waals surface area contributed by atoms with Crippen molar-refractivity contribution in [2.75, 3.05) is 13.1 Å². The molecule has 27 heavy (non-hydrogen) atoms. The molecule has 1 aliphatic heterocycles. The van der Waals surface area contributed by atoms with Gasteiger partial charge in [0, 0.05) is 18.5 Å². The predicted octanol–water partition coefficient (Wildman–Crippen LogP) is 3.42. The number of piperidine rings is 1. The highest BCUT2D eigenvalue weighted by molar-refractivity contribution is 6.37. The molecule has 1 fully saturated rings. The molecule has 1 aliphatic rings. The van der Waals surface area contributed by atoms with Gasteiger partial charge in [0.05, 0.1) is 0 Å². The fourth-order valence-electron chi connectivity index (χ4n) is 3.49. The molecule has 0 spiro atoms. The van der Waals surface area contributed by atoms with Crippen LogP contribution in [0.3, 0.4) is 0 Å². The Morgan fingerprint density at radius 3 is 2.48 bits per heavy atom. The number of hydrogen-bond acceptors (Lipinski definition) is 3. The molecule has 1 atom stereocenters. The van der Waals surface area contributed by atoms with E-state index in [1.54, 1.807) is 30.6 Å². The normalized spacial score (nSPS) is 17.4. The van der Waals surface area contributed by atoms with Crippen molar-refractivity contribution in [3.63, 3.8) is 0 Å². The van der Waals surface area contributed by atoms with Crippen LogP contribution >= 0.6 is 0 Å². The van der Waals surface area contributed by atoms with Gasteiger partial charge in [-0.05, 0) is 44.1 Å². The molecule has 0 unspecified atom stereocenters. The lowest BCUT2D eigenvalue weighted by Gasteiger charge is -2.41. The molecule has 0 bridgehead atoms. The van der Waals surface area contributed by atoms with Crippen LogP contribution in [0.4, 0.5) is 0 Å². The zero-order chi connectivity index (χ0) is 19.9. The van der Waals surface area contributed by atoms with Crippen molar-refractivity contribution in [2.24, 2.45) is 5.41 Å². The first-order valence-electron chi connectivity index (χ1n) is 9.95. The van der Waals surface area contributed by atoms with E-state index in [1.807, 2.05) is 18.2 Å². The second-order valence-electron chi connectivity index (χ2n) is 8.34. The fraction of sp³-hybridized carbons (Fsp3) is 0.591. The van der Waals surface area contributed by atoms with Gasteiger partial charge in [0.25, 0.3) is 5.91 Å². The summed E-state index contributed by atoms with van der Waals surface area (Å²) in [6.07, 6.45) is 5.94. The zero-order valence-corrected chi connectivity index (χ0v) is 16.8. The van der Waals surface area contributed by atoms with Gasteiger partial charge in [-0.2, -0.15) is 0 Å². The Hall–Kier alpha value is -2.17. The van der Waals surface area contributed by atoms with Gasteiger partial charge in [-0.3, -0.25) is 14.4 Å². The van der Waals surface area contributed by atoms with E-state index in [1.165, 1.54) is 5.56 Å². The van der Waals surface area contributed by atoms with Crippen LogP contribution in [0.1, 0.15) is 58.4 Å². The van der Waals surface area contributed by atoms with Crippen LogP contribution in [0, 0.1) is 5.41 Å².